The van der Waals surface area contributed by atoms with Crippen molar-refractivity contribution in [2.75, 3.05) is 19.8 Å². The number of nitrogens with zero attached hydrogens (tertiary/aromatic N) is 1. The van der Waals surface area contributed by atoms with E-state index in [9.17, 15) is 14.4 Å². The van der Waals surface area contributed by atoms with Gasteiger partial charge in [-0.05, 0) is 37.6 Å². The molecule has 1 aliphatic rings. The highest BCUT2D eigenvalue weighted by Gasteiger charge is 2.34. The lowest BCUT2D eigenvalue weighted by Gasteiger charge is -2.13. The molecule has 27 heavy (non-hydrogen) atoms. The summed E-state index contributed by atoms with van der Waals surface area (Å²) in [5, 5.41) is 0. The molecule has 0 saturated carbocycles. The molecule has 0 spiro atoms. The van der Waals surface area contributed by atoms with Crippen molar-refractivity contribution in [1.29, 1.82) is 0 Å². The van der Waals surface area contributed by atoms with Crippen LogP contribution in [0.4, 0.5) is 0 Å². The van der Waals surface area contributed by atoms with Gasteiger partial charge in [-0.2, -0.15) is 0 Å². The molecule has 0 unspecified atom stereocenters. The van der Waals surface area contributed by atoms with E-state index >= 15 is 0 Å². The first-order valence-electron chi connectivity index (χ1n) is 8.86. The highest BCUT2D eigenvalue weighted by Crippen LogP contribution is 2.22. The minimum absolute atomic E-state index is 0.140. The Hall–Kier alpha value is -3.15. The molecule has 0 saturated heterocycles. The molecule has 6 nitrogen and oxygen atoms in total. The average molecular weight is 367 g/mol. The molecule has 140 valence electrons. The lowest BCUT2D eigenvalue weighted by molar-refractivity contribution is -0.144. The van der Waals surface area contributed by atoms with E-state index in [1.165, 1.54) is 4.90 Å². The number of imide groups is 1. The quantitative estimate of drug-likeness (QED) is 0.407. The first-order valence-corrected chi connectivity index (χ1v) is 8.86. The van der Waals surface area contributed by atoms with Crippen molar-refractivity contribution < 1.29 is 23.9 Å². The second kappa shape index (κ2) is 8.49. The Morgan fingerprint density at radius 3 is 2.19 bits per heavy atom. The summed E-state index contributed by atoms with van der Waals surface area (Å²) in [5.74, 6) is -0.259. The third kappa shape index (κ3) is 4.53. The summed E-state index contributed by atoms with van der Waals surface area (Å²) >= 11 is 0. The number of esters is 1. The number of rotatable bonds is 8. The van der Waals surface area contributed by atoms with Crippen LogP contribution in [0.1, 0.15) is 39.1 Å². The number of benzene rings is 2. The number of aryl methyl sites for hydroxylation is 1. The molecule has 2 aromatic rings. The molecule has 0 fully saturated rings. The number of ether oxygens (including phenoxy) is 2. The van der Waals surface area contributed by atoms with Crippen LogP contribution in [0.2, 0.25) is 0 Å². The van der Waals surface area contributed by atoms with Crippen LogP contribution in [0, 0.1) is 6.92 Å². The molecule has 6 heteroatoms. The van der Waals surface area contributed by atoms with Crippen molar-refractivity contribution in [2.45, 2.75) is 19.8 Å². The number of amides is 2. The van der Waals surface area contributed by atoms with Crippen LogP contribution < -0.4 is 4.74 Å². The maximum atomic E-state index is 12.2. The Labute approximate surface area is 157 Å². The zero-order valence-electron chi connectivity index (χ0n) is 15.1. The maximum Gasteiger partial charge on any atom is 0.309 e. The van der Waals surface area contributed by atoms with Gasteiger partial charge in [-0.1, -0.05) is 29.8 Å². The maximum absolute atomic E-state index is 12.2. The Morgan fingerprint density at radius 1 is 0.926 bits per heavy atom. The fourth-order valence-corrected chi connectivity index (χ4v) is 2.81. The van der Waals surface area contributed by atoms with Crippen LogP contribution in [-0.4, -0.2) is 42.4 Å². The molecule has 0 N–H and O–H groups in total. The molecule has 3 rings (SSSR count). The van der Waals surface area contributed by atoms with Crippen LogP contribution >= 0.6 is 0 Å². The van der Waals surface area contributed by atoms with Gasteiger partial charge < -0.3 is 9.47 Å². The van der Waals surface area contributed by atoms with E-state index in [0.29, 0.717) is 23.3 Å². The van der Waals surface area contributed by atoms with Crippen LogP contribution in [0.15, 0.2) is 48.5 Å². The average Bonchev–Trinajstić information content (AvgIpc) is 2.92. The van der Waals surface area contributed by atoms with E-state index in [-0.39, 0.29) is 44.0 Å². The Bertz CT molecular complexity index is 809. The number of carbonyl (C=O) groups is 3. The molecule has 0 atom stereocenters. The molecular weight excluding hydrogens is 346 g/mol. The largest absolute Gasteiger partial charge is 0.493 e. The van der Waals surface area contributed by atoms with Gasteiger partial charge in [0.2, 0.25) is 0 Å². The smallest absolute Gasteiger partial charge is 0.309 e. The Kier molecular flexibility index (Phi) is 5.86. The summed E-state index contributed by atoms with van der Waals surface area (Å²) in [7, 11) is 0. The third-order valence-corrected chi connectivity index (χ3v) is 4.26. The van der Waals surface area contributed by atoms with Crippen LogP contribution in [-0.2, 0) is 9.53 Å². The summed E-state index contributed by atoms with van der Waals surface area (Å²) < 4.78 is 10.6. The topological polar surface area (TPSA) is 72.9 Å². The third-order valence-electron chi connectivity index (χ3n) is 4.26. The zero-order valence-corrected chi connectivity index (χ0v) is 15.1. The normalized spacial score (nSPS) is 12.9. The summed E-state index contributed by atoms with van der Waals surface area (Å²) in [6.07, 6.45) is 0.539. The minimum Gasteiger partial charge on any atom is -0.493 e. The summed E-state index contributed by atoms with van der Waals surface area (Å²) in [5.41, 5.74) is 1.99. The van der Waals surface area contributed by atoms with Gasteiger partial charge in [0.15, 0.2) is 0 Å². The van der Waals surface area contributed by atoms with E-state index in [1.807, 2.05) is 31.2 Å². The number of carbonyl (C=O) groups excluding carboxylic acids is 3. The van der Waals surface area contributed by atoms with Crippen molar-refractivity contribution in [2.24, 2.45) is 0 Å². The molecule has 1 heterocycles. The Balaban J connectivity index is 1.34. The van der Waals surface area contributed by atoms with Crippen LogP contribution in [0.25, 0.3) is 0 Å². The fraction of sp³-hybridized carbons (Fsp3) is 0.286. The van der Waals surface area contributed by atoms with Gasteiger partial charge in [-0.15, -0.1) is 0 Å². The van der Waals surface area contributed by atoms with E-state index in [2.05, 4.69) is 0 Å². The van der Waals surface area contributed by atoms with Gasteiger partial charge >= 0.3 is 5.97 Å². The highest BCUT2D eigenvalue weighted by molar-refractivity contribution is 6.21. The van der Waals surface area contributed by atoms with E-state index < -0.39 is 0 Å². The van der Waals surface area contributed by atoms with Crippen LogP contribution in [0.5, 0.6) is 5.75 Å². The first kappa shape index (κ1) is 18.6. The van der Waals surface area contributed by atoms with E-state index in [1.54, 1.807) is 24.3 Å². The summed E-state index contributed by atoms with van der Waals surface area (Å²) in [4.78, 5) is 37.4. The van der Waals surface area contributed by atoms with Gasteiger partial charge in [0.05, 0.1) is 30.8 Å². The predicted molar refractivity (Wildman–Crippen MR) is 98.7 cm³/mol. The van der Waals surface area contributed by atoms with Crippen molar-refractivity contribution in [3.63, 3.8) is 0 Å². The molecule has 0 aromatic heterocycles. The van der Waals surface area contributed by atoms with Gasteiger partial charge in [0, 0.05) is 6.54 Å². The number of hydrogen-bond acceptors (Lipinski definition) is 5. The minimum atomic E-state index is -0.371. The van der Waals surface area contributed by atoms with Crippen molar-refractivity contribution in [3.8, 4) is 5.75 Å². The predicted octanol–water partition coefficient (Wildman–Crippen LogP) is 2.99. The second-order valence-corrected chi connectivity index (χ2v) is 6.29. The SMILES string of the molecule is Cc1ccc(OCCC(=O)OCCCN2C(=O)c3ccccc3C2=O)cc1. The van der Waals surface area contributed by atoms with Crippen molar-refractivity contribution in [3.05, 3.63) is 65.2 Å². The molecule has 1 aliphatic heterocycles. The lowest BCUT2D eigenvalue weighted by Crippen LogP contribution is -2.31. The van der Waals surface area contributed by atoms with Gasteiger partial charge in [0.1, 0.15) is 5.75 Å². The van der Waals surface area contributed by atoms with E-state index in [0.717, 1.165) is 5.56 Å². The monoisotopic (exact) mass is 367 g/mol. The lowest BCUT2D eigenvalue weighted by atomic mass is 10.1. The summed E-state index contributed by atoms with van der Waals surface area (Å²) in [6.45, 7) is 2.60. The van der Waals surface area contributed by atoms with Crippen molar-refractivity contribution >= 4 is 17.8 Å². The Morgan fingerprint density at radius 2 is 1.56 bits per heavy atom. The number of fused-ring (bicyclic) bond motifs is 1. The van der Waals surface area contributed by atoms with E-state index in [4.69, 9.17) is 9.47 Å². The molecular formula is C21H21NO5. The summed E-state index contributed by atoms with van der Waals surface area (Å²) in [6, 6.07) is 14.3. The van der Waals surface area contributed by atoms with Gasteiger partial charge in [0.25, 0.3) is 11.8 Å². The molecule has 0 aliphatic carbocycles. The van der Waals surface area contributed by atoms with Gasteiger partial charge in [-0.25, -0.2) is 0 Å². The van der Waals surface area contributed by atoms with Crippen molar-refractivity contribution in [1.82, 2.24) is 4.90 Å². The highest BCUT2D eigenvalue weighted by atomic mass is 16.5. The first-order chi connectivity index (χ1) is 13.1. The fourth-order valence-electron chi connectivity index (χ4n) is 2.81. The van der Waals surface area contributed by atoms with Gasteiger partial charge in [-0.3, -0.25) is 19.3 Å². The molecule has 0 bridgehead atoms. The molecule has 2 amide bonds. The second-order valence-electron chi connectivity index (χ2n) is 6.29. The standard InChI is InChI=1S/C21H21NO5/c1-15-7-9-16(10-8-15)26-14-11-19(23)27-13-4-12-22-20(24)17-5-2-3-6-18(17)21(22)25/h2-3,5-10H,4,11-14H2,1H3. The molecule has 0 radical (unpaired) electrons. The molecule has 2 aromatic carbocycles. The van der Waals surface area contributed by atoms with Crippen LogP contribution in [0.3, 0.4) is 0 Å². The zero-order chi connectivity index (χ0) is 19.2. The number of hydrogen-bond donors (Lipinski definition) is 0.